The largest absolute Gasteiger partial charge is 0.381 e. The van der Waals surface area contributed by atoms with Gasteiger partial charge in [0.1, 0.15) is 0 Å². The van der Waals surface area contributed by atoms with Crippen molar-refractivity contribution >= 4 is 17.5 Å². The fourth-order valence-corrected chi connectivity index (χ4v) is 5.62. The maximum absolute atomic E-state index is 13.4. The van der Waals surface area contributed by atoms with Crippen LogP contribution in [0.1, 0.15) is 67.4 Å². The van der Waals surface area contributed by atoms with Crippen LogP contribution < -0.4 is 20.9 Å². The predicted molar refractivity (Wildman–Crippen MR) is 131 cm³/mol. The zero-order chi connectivity index (χ0) is 23.5. The lowest BCUT2D eigenvalue weighted by molar-refractivity contribution is -0.129. The van der Waals surface area contributed by atoms with Gasteiger partial charge in [-0.1, -0.05) is 6.92 Å². The number of rotatable bonds is 7. The van der Waals surface area contributed by atoms with Gasteiger partial charge in [-0.3, -0.25) is 9.59 Å². The highest BCUT2D eigenvalue weighted by Gasteiger charge is 2.33. The fraction of sp³-hybridized carbons (Fsp3) is 0.692. The molecule has 2 amide bonds. The number of hydrogen-bond donors (Lipinski definition) is 3. The lowest BCUT2D eigenvalue weighted by Gasteiger charge is -2.38. The molecule has 0 radical (unpaired) electrons. The summed E-state index contributed by atoms with van der Waals surface area (Å²) in [5, 5.41) is 9.48. The van der Waals surface area contributed by atoms with Gasteiger partial charge in [0.05, 0.1) is 5.92 Å². The highest BCUT2D eigenvalue weighted by atomic mass is 16.5. The van der Waals surface area contributed by atoms with Crippen LogP contribution in [0.5, 0.6) is 0 Å². The minimum Gasteiger partial charge on any atom is -0.381 e. The molecule has 1 aromatic carbocycles. The van der Waals surface area contributed by atoms with E-state index in [9.17, 15) is 9.59 Å². The number of benzene rings is 1. The Labute approximate surface area is 198 Å². The number of anilines is 1. The molecule has 3 saturated heterocycles. The van der Waals surface area contributed by atoms with Crippen molar-refractivity contribution < 1.29 is 14.3 Å². The molecule has 3 N–H and O–H groups in total. The van der Waals surface area contributed by atoms with E-state index in [0.717, 1.165) is 68.9 Å². The van der Waals surface area contributed by atoms with Crippen molar-refractivity contribution in [2.24, 2.45) is 11.8 Å². The molecule has 3 heterocycles. The Hall–Kier alpha value is -2.12. The molecule has 4 rings (SSSR count). The van der Waals surface area contributed by atoms with Gasteiger partial charge >= 0.3 is 0 Å². The zero-order valence-electron chi connectivity index (χ0n) is 20.6. The first-order valence-electron chi connectivity index (χ1n) is 12.7. The summed E-state index contributed by atoms with van der Waals surface area (Å²) in [6, 6.07) is 5.00. The maximum Gasteiger partial charge on any atom is 0.251 e. The predicted octanol–water partition coefficient (Wildman–Crippen LogP) is 2.58. The molecule has 3 aliphatic rings. The van der Waals surface area contributed by atoms with E-state index in [1.165, 1.54) is 5.56 Å². The van der Waals surface area contributed by atoms with Crippen molar-refractivity contribution in [1.82, 2.24) is 16.0 Å². The van der Waals surface area contributed by atoms with E-state index in [1.54, 1.807) is 0 Å². The van der Waals surface area contributed by atoms with Gasteiger partial charge in [-0.05, 0) is 69.2 Å². The Morgan fingerprint density at radius 3 is 2.55 bits per heavy atom. The molecule has 0 saturated carbocycles. The molecule has 3 atom stereocenters. The topological polar surface area (TPSA) is 82.7 Å². The van der Waals surface area contributed by atoms with Gasteiger partial charge < -0.3 is 25.6 Å². The summed E-state index contributed by atoms with van der Waals surface area (Å²) >= 11 is 0. The number of nitrogens with one attached hydrogen (secondary N) is 3. The quantitative estimate of drug-likeness (QED) is 0.588. The van der Waals surface area contributed by atoms with Crippen molar-refractivity contribution in [3.63, 3.8) is 0 Å². The summed E-state index contributed by atoms with van der Waals surface area (Å²) in [6.45, 7) is 13.1. The summed E-state index contributed by atoms with van der Waals surface area (Å²) in [7, 11) is 0. The Kier molecular flexibility index (Phi) is 7.59. The number of piperidine rings is 1. The molecule has 182 valence electrons. The van der Waals surface area contributed by atoms with E-state index >= 15 is 0 Å². The van der Waals surface area contributed by atoms with E-state index in [1.807, 2.05) is 6.92 Å². The number of nitrogens with zero attached hydrogens (tertiary/aromatic N) is 1. The van der Waals surface area contributed by atoms with Crippen LogP contribution in [-0.4, -0.2) is 63.3 Å². The molecular weight excluding hydrogens is 416 g/mol. The first kappa shape index (κ1) is 24.0. The number of hydrogen-bond acceptors (Lipinski definition) is 5. The summed E-state index contributed by atoms with van der Waals surface area (Å²) in [5.41, 5.74) is 4.14. The molecule has 0 aliphatic carbocycles. The molecule has 1 aromatic rings. The van der Waals surface area contributed by atoms with Crippen molar-refractivity contribution in [1.29, 1.82) is 0 Å². The summed E-state index contributed by atoms with van der Waals surface area (Å²) in [6.07, 6.45) is 2.96. The van der Waals surface area contributed by atoms with Crippen LogP contribution in [0, 0.1) is 18.8 Å². The smallest absolute Gasteiger partial charge is 0.251 e. The monoisotopic (exact) mass is 456 g/mol. The Morgan fingerprint density at radius 1 is 1.21 bits per heavy atom. The average Bonchev–Trinajstić information content (AvgIpc) is 2.74. The van der Waals surface area contributed by atoms with E-state index in [-0.39, 0.29) is 29.7 Å². The third-order valence-electron chi connectivity index (χ3n) is 7.80. The fourth-order valence-electron chi connectivity index (χ4n) is 5.62. The maximum atomic E-state index is 13.4. The van der Waals surface area contributed by atoms with Gasteiger partial charge in [0, 0.05) is 68.6 Å². The van der Waals surface area contributed by atoms with Crippen molar-refractivity contribution in [3.05, 3.63) is 28.8 Å². The van der Waals surface area contributed by atoms with Crippen LogP contribution in [-0.2, 0) is 9.53 Å². The van der Waals surface area contributed by atoms with Gasteiger partial charge in [-0.25, -0.2) is 0 Å². The second-order valence-electron chi connectivity index (χ2n) is 10.1. The van der Waals surface area contributed by atoms with Crippen LogP contribution in [0.15, 0.2) is 12.1 Å². The highest BCUT2D eigenvalue weighted by molar-refractivity contribution is 5.98. The van der Waals surface area contributed by atoms with Crippen LogP contribution >= 0.6 is 0 Å². The Balaban J connectivity index is 1.58. The average molecular weight is 457 g/mol. The molecule has 3 aliphatic heterocycles. The van der Waals surface area contributed by atoms with Gasteiger partial charge in [-0.2, -0.15) is 0 Å². The molecule has 0 bridgehead atoms. The van der Waals surface area contributed by atoms with Crippen molar-refractivity contribution in [3.8, 4) is 0 Å². The molecule has 3 fully saturated rings. The molecule has 0 spiro atoms. The second-order valence-corrected chi connectivity index (χ2v) is 10.1. The van der Waals surface area contributed by atoms with E-state index in [4.69, 9.17) is 4.74 Å². The molecule has 0 aromatic heterocycles. The van der Waals surface area contributed by atoms with Gasteiger partial charge in [0.15, 0.2) is 0 Å². The molecule has 7 heteroatoms. The minimum atomic E-state index is -0.182. The normalized spacial score (nSPS) is 26.4. The standard InChI is InChI=1S/C26H40N4O3/c1-5-30(21-6-8-33-9-7-21)24-12-19(20-13-27-14-20)11-22(18(24)4)25(31)28-15-23-16(2)10-17(3)29-26(23)32/h11-12,16-17,20-21,23,27H,5-10,13-15H2,1-4H3,(H,28,31)(H,29,32). The Morgan fingerprint density at radius 2 is 1.94 bits per heavy atom. The van der Waals surface area contributed by atoms with Gasteiger partial charge in [-0.15, -0.1) is 0 Å². The number of amides is 2. The zero-order valence-corrected chi connectivity index (χ0v) is 20.6. The number of carbonyl (C=O) groups excluding carboxylic acids is 2. The SMILES string of the molecule is CCN(c1cc(C2CNC2)cc(C(=O)NCC2C(=O)NC(C)CC2C)c1C)C1CCOCC1. The summed E-state index contributed by atoms with van der Waals surface area (Å²) in [5.74, 6) is 0.477. The number of carbonyl (C=O) groups is 2. The lowest BCUT2D eigenvalue weighted by Crippen LogP contribution is -2.50. The summed E-state index contributed by atoms with van der Waals surface area (Å²) < 4.78 is 5.59. The van der Waals surface area contributed by atoms with E-state index < -0.39 is 0 Å². The second kappa shape index (κ2) is 10.4. The van der Waals surface area contributed by atoms with E-state index in [2.05, 4.69) is 53.8 Å². The third-order valence-corrected chi connectivity index (χ3v) is 7.80. The first-order valence-corrected chi connectivity index (χ1v) is 12.7. The lowest BCUT2D eigenvalue weighted by atomic mass is 9.84. The molecular formula is C26H40N4O3. The van der Waals surface area contributed by atoms with Crippen LogP contribution in [0.25, 0.3) is 0 Å². The summed E-state index contributed by atoms with van der Waals surface area (Å²) in [4.78, 5) is 28.4. The third kappa shape index (κ3) is 5.19. The van der Waals surface area contributed by atoms with Gasteiger partial charge in [0.2, 0.25) is 5.91 Å². The van der Waals surface area contributed by atoms with Crippen LogP contribution in [0.2, 0.25) is 0 Å². The van der Waals surface area contributed by atoms with Crippen LogP contribution in [0.3, 0.4) is 0 Å². The van der Waals surface area contributed by atoms with Crippen molar-refractivity contribution in [2.75, 3.05) is 44.3 Å². The molecule has 7 nitrogen and oxygen atoms in total. The van der Waals surface area contributed by atoms with Crippen LogP contribution in [0.4, 0.5) is 5.69 Å². The highest BCUT2D eigenvalue weighted by Crippen LogP contribution is 2.33. The molecule has 33 heavy (non-hydrogen) atoms. The first-order chi connectivity index (χ1) is 15.9. The van der Waals surface area contributed by atoms with E-state index in [0.29, 0.717) is 18.5 Å². The number of ether oxygens (including phenoxy) is 1. The van der Waals surface area contributed by atoms with Crippen molar-refractivity contribution in [2.45, 2.75) is 65.0 Å². The van der Waals surface area contributed by atoms with Gasteiger partial charge in [0.25, 0.3) is 5.91 Å². The minimum absolute atomic E-state index is 0.0462. The molecule has 3 unspecified atom stereocenters. The Bertz CT molecular complexity index is 863.